The molecular weight excluding hydrogens is 196 g/mol. The third-order valence-electron chi connectivity index (χ3n) is 1.65. The highest BCUT2D eigenvalue weighted by Gasteiger charge is 2.18. The van der Waals surface area contributed by atoms with Gasteiger partial charge in [-0.1, -0.05) is 18.1 Å². The third kappa shape index (κ3) is 3.69. The molecule has 0 saturated carbocycles. The van der Waals surface area contributed by atoms with Crippen LogP contribution < -0.4 is 0 Å². The van der Waals surface area contributed by atoms with Crippen LogP contribution in [0.25, 0.3) is 0 Å². The maximum absolute atomic E-state index is 11.1. The average Bonchev–Trinajstić information content (AvgIpc) is 2.27. The number of allylic oxidation sites excluding steroid dienone is 4. The van der Waals surface area contributed by atoms with Crippen molar-refractivity contribution in [2.24, 2.45) is 0 Å². The predicted molar refractivity (Wildman–Crippen MR) is 52.3 cm³/mol. The second-order valence-electron chi connectivity index (χ2n) is 2.77. The minimum atomic E-state index is -1.07. The maximum atomic E-state index is 11.1. The standard InChI is InChI=1S/C11H10O4/c1-2-8-14-10(12)11(13)15-9-6-4-3-5-7-9/h1,3-4,6H,5,7-8H2. The summed E-state index contributed by atoms with van der Waals surface area (Å²) < 4.78 is 9.18. The van der Waals surface area contributed by atoms with Gasteiger partial charge in [0, 0.05) is 6.42 Å². The lowest BCUT2D eigenvalue weighted by Gasteiger charge is -2.08. The molecule has 0 bridgehead atoms. The van der Waals surface area contributed by atoms with Gasteiger partial charge >= 0.3 is 11.9 Å². The highest BCUT2D eigenvalue weighted by Crippen LogP contribution is 2.13. The predicted octanol–water partition coefficient (Wildman–Crippen LogP) is 0.940. The lowest BCUT2D eigenvalue weighted by atomic mass is 10.2. The molecule has 0 aliphatic heterocycles. The number of hydrogen-bond acceptors (Lipinski definition) is 4. The normalized spacial score (nSPS) is 13.7. The number of esters is 2. The molecule has 1 aliphatic carbocycles. The van der Waals surface area contributed by atoms with E-state index in [0.29, 0.717) is 12.2 Å². The first-order valence-electron chi connectivity index (χ1n) is 4.42. The molecular formula is C11H10O4. The van der Waals surface area contributed by atoms with Crippen LogP contribution in [0.4, 0.5) is 0 Å². The van der Waals surface area contributed by atoms with Crippen LogP contribution >= 0.6 is 0 Å². The van der Waals surface area contributed by atoms with Gasteiger partial charge < -0.3 is 9.47 Å². The number of ether oxygens (including phenoxy) is 2. The largest absolute Gasteiger partial charge is 0.444 e. The van der Waals surface area contributed by atoms with Crippen molar-refractivity contribution in [1.82, 2.24) is 0 Å². The number of rotatable bonds is 2. The molecule has 78 valence electrons. The minimum absolute atomic E-state index is 0.229. The summed E-state index contributed by atoms with van der Waals surface area (Å²) in [5.74, 6) is 0.437. The molecule has 0 atom stereocenters. The van der Waals surface area contributed by atoms with Crippen molar-refractivity contribution in [2.75, 3.05) is 6.61 Å². The van der Waals surface area contributed by atoms with E-state index in [1.807, 2.05) is 6.08 Å². The van der Waals surface area contributed by atoms with E-state index in [1.165, 1.54) is 0 Å². The fourth-order valence-electron chi connectivity index (χ4n) is 0.992. The smallest absolute Gasteiger partial charge is 0.422 e. The SMILES string of the molecule is C#CCOC(=O)C(=O)OC1=CC=CCC1. The summed E-state index contributed by atoms with van der Waals surface area (Å²) in [5.41, 5.74) is 0. The van der Waals surface area contributed by atoms with E-state index in [1.54, 1.807) is 12.2 Å². The van der Waals surface area contributed by atoms with Crippen LogP contribution in [0.3, 0.4) is 0 Å². The molecule has 0 amide bonds. The average molecular weight is 206 g/mol. The monoisotopic (exact) mass is 206 g/mol. The van der Waals surface area contributed by atoms with E-state index in [2.05, 4.69) is 10.7 Å². The van der Waals surface area contributed by atoms with E-state index in [-0.39, 0.29) is 6.61 Å². The molecule has 4 nitrogen and oxygen atoms in total. The third-order valence-corrected chi connectivity index (χ3v) is 1.65. The van der Waals surface area contributed by atoms with Gasteiger partial charge in [0.2, 0.25) is 0 Å². The fraction of sp³-hybridized carbons (Fsp3) is 0.273. The number of terminal acetylenes is 1. The maximum Gasteiger partial charge on any atom is 0.422 e. The molecule has 0 saturated heterocycles. The highest BCUT2D eigenvalue weighted by molar-refractivity contribution is 6.30. The molecule has 0 N–H and O–H groups in total. The zero-order chi connectivity index (χ0) is 11.1. The van der Waals surface area contributed by atoms with E-state index in [4.69, 9.17) is 11.2 Å². The summed E-state index contributed by atoms with van der Waals surface area (Å²) in [4.78, 5) is 22.0. The number of carbonyl (C=O) groups excluding carboxylic acids is 2. The fourth-order valence-corrected chi connectivity index (χ4v) is 0.992. The van der Waals surface area contributed by atoms with Gasteiger partial charge in [-0.05, 0) is 12.5 Å². The van der Waals surface area contributed by atoms with Gasteiger partial charge in [0.05, 0.1) is 0 Å². The van der Waals surface area contributed by atoms with Crippen molar-refractivity contribution in [3.8, 4) is 12.3 Å². The molecule has 0 aromatic rings. The topological polar surface area (TPSA) is 52.6 Å². The lowest BCUT2D eigenvalue weighted by Crippen LogP contribution is -2.20. The van der Waals surface area contributed by atoms with Gasteiger partial charge in [-0.25, -0.2) is 9.59 Å². The molecule has 1 aliphatic rings. The Hall–Kier alpha value is -2.02. The highest BCUT2D eigenvalue weighted by atomic mass is 16.6. The van der Waals surface area contributed by atoms with E-state index in [9.17, 15) is 9.59 Å². The van der Waals surface area contributed by atoms with Gasteiger partial charge in [0.1, 0.15) is 5.76 Å². The van der Waals surface area contributed by atoms with Gasteiger partial charge in [0.25, 0.3) is 0 Å². The van der Waals surface area contributed by atoms with E-state index < -0.39 is 11.9 Å². The lowest BCUT2D eigenvalue weighted by molar-refractivity contribution is -0.164. The minimum Gasteiger partial charge on any atom is -0.444 e. The molecule has 0 aromatic heterocycles. The van der Waals surface area contributed by atoms with Gasteiger partial charge in [-0.3, -0.25) is 0 Å². The quantitative estimate of drug-likeness (QED) is 0.383. The summed E-state index contributed by atoms with van der Waals surface area (Å²) in [6.07, 6.45) is 11.6. The van der Waals surface area contributed by atoms with Crippen molar-refractivity contribution in [2.45, 2.75) is 12.8 Å². The Bertz CT molecular complexity index is 357. The van der Waals surface area contributed by atoms with Crippen LogP contribution in [-0.2, 0) is 19.1 Å². The zero-order valence-corrected chi connectivity index (χ0v) is 8.06. The molecule has 0 heterocycles. The molecule has 4 heteroatoms. The second-order valence-corrected chi connectivity index (χ2v) is 2.77. The number of hydrogen-bond donors (Lipinski definition) is 0. The molecule has 0 radical (unpaired) electrons. The molecule has 0 spiro atoms. The Balaban J connectivity index is 2.41. The van der Waals surface area contributed by atoms with Crippen LogP contribution in [0.15, 0.2) is 24.0 Å². The summed E-state index contributed by atoms with van der Waals surface area (Å²) in [6, 6.07) is 0. The Labute approximate surface area is 87.6 Å². The van der Waals surface area contributed by atoms with Crippen LogP contribution in [0.2, 0.25) is 0 Å². The zero-order valence-electron chi connectivity index (χ0n) is 8.06. The Morgan fingerprint density at radius 1 is 1.47 bits per heavy atom. The molecule has 0 fully saturated rings. The molecule has 15 heavy (non-hydrogen) atoms. The molecule has 0 unspecified atom stereocenters. The molecule has 1 rings (SSSR count). The Kier molecular flexibility index (Phi) is 4.17. The summed E-state index contributed by atoms with van der Waals surface area (Å²) in [7, 11) is 0. The first-order valence-corrected chi connectivity index (χ1v) is 4.42. The van der Waals surface area contributed by atoms with Crippen molar-refractivity contribution in [3.05, 3.63) is 24.0 Å². The van der Waals surface area contributed by atoms with Crippen molar-refractivity contribution >= 4 is 11.9 Å². The van der Waals surface area contributed by atoms with Crippen molar-refractivity contribution in [1.29, 1.82) is 0 Å². The summed E-state index contributed by atoms with van der Waals surface area (Å²) >= 11 is 0. The van der Waals surface area contributed by atoms with E-state index >= 15 is 0 Å². The summed E-state index contributed by atoms with van der Waals surface area (Å²) in [5, 5.41) is 0. The Morgan fingerprint density at radius 2 is 2.27 bits per heavy atom. The van der Waals surface area contributed by atoms with Crippen molar-refractivity contribution in [3.63, 3.8) is 0 Å². The van der Waals surface area contributed by atoms with Gasteiger partial charge in [-0.2, -0.15) is 0 Å². The first-order chi connectivity index (χ1) is 7.24. The van der Waals surface area contributed by atoms with Crippen LogP contribution in [-0.4, -0.2) is 18.5 Å². The first kappa shape index (κ1) is 11.1. The van der Waals surface area contributed by atoms with Crippen LogP contribution in [0.5, 0.6) is 0 Å². The van der Waals surface area contributed by atoms with Crippen LogP contribution in [0.1, 0.15) is 12.8 Å². The Morgan fingerprint density at radius 3 is 2.87 bits per heavy atom. The second kappa shape index (κ2) is 5.66. The van der Waals surface area contributed by atoms with E-state index in [0.717, 1.165) is 6.42 Å². The molecule has 0 aromatic carbocycles. The summed E-state index contributed by atoms with van der Waals surface area (Å²) in [6.45, 7) is -0.229. The van der Waals surface area contributed by atoms with Gasteiger partial charge in [0.15, 0.2) is 6.61 Å². The van der Waals surface area contributed by atoms with Crippen molar-refractivity contribution < 1.29 is 19.1 Å². The van der Waals surface area contributed by atoms with Crippen LogP contribution in [0, 0.1) is 12.3 Å². The van der Waals surface area contributed by atoms with Gasteiger partial charge in [-0.15, -0.1) is 6.42 Å². The number of carbonyl (C=O) groups is 2.